The summed E-state index contributed by atoms with van der Waals surface area (Å²) in [7, 11) is 0. The second kappa shape index (κ2) is 3.09. The highest BCUT2D eigenvalue weighted by Crippen LogP contribution is 2.29. The molecule has 0 aliphatic heterocycles. The van der Waals surface area contributed by atoms with Gasteiger partial charge in [-0.15, -0.1) is 0 Å². The first-order chi connectivity index (χ1) is 5.07. The van der Waals surface area contributed by atoms with Crippen molar-refractivity contribution in [2.75, 3.05) is 6.61 Å². The zero-order valence-electron chi connectivity index (χ0n) is 6.95. The average molecular weight is 159 g/mol. The summed E-state index contributed by atoms with van der Waals surface area (Å²) in [4.78, 5) is 0. The summed E-state index contributed by atoms with van der Waals surface area (Å²) < 4.78 is 0. The Morgan fingerprint density at radius 3 is 2.73 bits per heavy atom. The van der Waals surface area contributed by atoms with Gasteiger partial charge >= 0.3 is 0 Å². The Labute approximate surface area is 67.2 Å². The lowest BCUT2D eigenvalue weighted by Gasteiger charge is -2.37. The van der Waals surface area contributed by atoms with Gasteiger partial charge in [0.1, 0.15) is 0 Å². The first-order valence-electron chi connectivity index (χ1n) is 4.15. The molecule has 0 bridgehead atoms. The van der Waals surface area contributed by atoms with Crippen molar-refractivity contribution in [3.8, 4) is 0 Å². The fraction of sp³-hybridized carbons (Fsp3) is 1.00. The quantitative estimate of drug-likeness (QED) is 0.499. The minimum absolute atomic E-state index is 0.0171. The van der Waals surface area contributed by atoms with Crippen LogP contribution in [-0.4, -0.2) is 28.5 Å². The van der Waals surface area contributed by atoms with Crippen molar-refractivity contribution in [2.45, 2.75) is 37.8 Å². The Hall–Kier alpha value is -0.120. The largest absolute Gasteiger partial charge is 0.394 e. The van der Waals surface area contributed by atoms with Gasteiger partial charge in [-0.1, -0.05) is 6.92 Å². The smallest absolute Gasteiger partial charge is 0.0612 e. The van der Waals surface area contributed by atoms with Crippen LogP contribution in [0.3, 0.4) is 0 Å². The monoisotopic (exact) mass is 159 g/mol. The van der Waals surface area contributed by atoms with E-state index in [4.69, 9.17) is 10.8 Å². The van der Waals surface area contributed by atoms with Crippen molar-refractivity contribution in [1.29, 1.82) is 0 Å². The molecule has 0 aromatic rings. The van der Waals surface area contributed by atoms with Crippen LogP contribution in [0, 0.1) is 5.92 Å². The number of rotatable bonds is 1. The van der Waals surface area contributed by atoms with E-state index in [1.807, 2.05) is 6.92 Å². The fourth-order valence-corrected chi connectivity index (χ4v) is 1.57. The summed E-state index contributed by atoms with van der Waals surface area (Å²) in [5, 5.41) is 18.4. The molecule has 1 fully saturated rings. The van der Waals surface area contributed by atoms with Crippen LogP contribution in [-0.2, 0) is 0 Å². The van der Waals surface area contributed by atoms with Crippen LogP contribution < -0.4 is 5.73 Å². The first kappa shape index (κ1) is 8.97. The van der Waals surface area contributed by atoms with E-state index in [2.05, 4.69) is 0 Å². The van der Waals surface area contributed by atoms with E-state index >= 15 is 0 Å². The van der Waals surface area contributed by atoms with Gasteiger partial charge in [0, 0.05) is 5.54 Å². The highest BCUT2D eigenvalue weighted by atomic mass is 16.3. The van der Waals surface area contributed by atoms with E-state index in [0.717, 1.165) is 12.8 Å². The third-order valence-electron chi connectivity index (χ3n) is 2.68. The molecule has 0 heterocycles. The molecule has 0 amide bonds. The molecule has 66 valence electrons. The lowest BCUT2D eigenvalue weighted by molar-refractivity contribution is 0.0214. The van der Waals surface area contributed by atoms with E-state index in [1.54, 1.807) is 0 Å². The Bertz CT molecular complexity index is 140. The van der Waals surface area contributed by atoms with E-state index < -0.39 is 5.54 Å². The normalized spacial score (nSPS) is 45.8. The highest BCUT2D eigenvalue weighted by Gasteiger charge is 2.34. The van der Waals surface area contributed by atoms with Crippen LogP contribution in [0.25, 0.3) is 0 Å². The minimum Gasteiger partial charge on any atom is -0.394 e. The van der Waals surface area contributed by atoms with Crippen molar-refractivity contribution in [1.82, 2.24) is 0 Å². The van der Waals surface area contributed by atoms with Gasteiger partial charge in [0.05, 0.1) is 12.7 Å². The zero-order valence-corrected chi connectivity index (χ0v) is 6.95. The number of hydrogen-bond acceptors (Lipinski definition) is 3. The van der Waals surface area contributed by atoms with Gasteiger partial charge in [-0.25, -0.2) is 0 Å². The Kier molecular flexibility index (Phi) is 2.52. The molecular weight excluding hydrogens is 142 g/mol. The maximum Gasteiger partial charge on any atom is 0.0612 e. The highest BCUT2D eigenvalue weighted by molar-refractivity contribution is 4.92. The standard InChI is InChI=1S/C8H17NO2/c1-6-2-3-8(9,5-10)4-7(6)11/h6-7,10-11H,2-5,9H2,1H3. The average Bonchev–Trinajstić information content (AvgIpc) is 1.98. The number of aliphatic hydroxyl groups excluding tert-OH is 2. The van der Waals surface area contributed by atoms with Crippen LogP contribution in [0.2, 0.25) is 0 Å². The molecule has 3 nitrogen and oxygen atoms in total. The molecule has 0 spiro atoms. The predicted octanol–water partition coefficient (Wildman–Crippen LogP) is -0.143. The second-order valence-corrected chi connectivity index (χ2v) is 3.81. The molecule has 1 aliphatic rings. The van der Waals surface area contributed by atoms with Crippen molar-refractivity contribution >= 4 is 0 Å². The number of aliphatic hydroxyl groups is 2. The van der Waals surface area contributed by atoms with Crippen LogP contribution in [0.15, 0.2) is 0 Å². The van der Waals surface area contributed by atoms with E-state index in [1.165, 1.54) is 0 Å². The van der Waals surface area contributed by atoms with Crippen molar-refractivity contribution in [3.63, 3.8) is 0 Å². The van der Waals surface area contributed by atoms with Crippen LogP contribution in [0.5, 0.6) is 0 Å². The molecule has 3 atom stereocenters. The van der Waals surface area contributed by atoms with Crippen LogP contribution >= 0.6 is 0 Å². The van der Waals surface area contributed by atoms with Crippen LogP contribution in [0.4, 0.5) is 0 Å². The molecule has 3 unspecified atom stereocenters. The molecule has 0 aromatic heterocycles. The van der Waals surface area contributed by atoms with Gasteiger partial charge in [0.15, 0.2) is 0 Å². The topological polar surface area (TPSA) is 66.5 Å². The lowest BCUT2D eigenvalue weighted by atomic mass is 9.76. The second-order valence-electron chi connectivity index (χ2n) is 3.81. The van der Waals surface area contributed by atoms with Gasteiger partial charge in [-0.2, -0.15) is 0 Å². The summed E-state index contributed by atoms with van der Waals surface area (Å²) in [6.07, 6.45) is 1.94. The molecule has 0 aromatic carbocycles. The minimum atomic E-state index is -0.522. The van der Waals surface area contributed by atoms with Crippen molar-refractivity contribution in [2.24, 2.45) is 11.7 Å². The first-order valence-corrected chi connectivity index (χ1v) is 4.15. The molecule has 1 rings (SSSR count). The maximum absolute atomic E-state index is 9.45. The molecule has 3 heteroatoms. The van der Waals surface area contributed by atoms with Crippen molar-refractivity contribution in [3.05, 3.63) is 0 Å². The van der Waals surface area contributed by atoms with E-state index in [-0.39, 0.29) is 12.7 Å². The molecule has 0 radical (unpaired) electrons. The summed E-state index contributed by atoms with van der Waals surface area (Å²) >= 11 is 0. The molecule has 11 heavy (non-hydrogen) atoms. The van der Waals surface area contributed by atoms with E-state index in [9.17, 15) is 5.11 Å². The molecule has 1 aliphatic carbocycles. The van der Waals surface area contributed by atoms with Gasteiger partial charge in [0.25, 0.3) is 0 Å². The third-order valence-corrected chi connectivity index (χ3v) is 2.68. The summed E-state index contributed by atoms with van der Waals surface area (Å²) in [5.41, 5.74) is 5.28. The fourth-order valence-electron chi connectivity index (χ4n) is 1.57. The maximum atomic E-state index is 9.45. The molecular formula is C8H17NO2. The SMILES string of the molecule is CC1CCC(N)(CO)CC1O. The van der Waals surface area contributed by atoms with Gasteiger partial charge < -0.3 is 15.9 Å². The van der Waals surface area contributed by atoms with Gasteiger partial charge in [-0.05, 0) is 25.2 Å². The van der Waals surface area contributed by atoms with Gasteiger partial charge in [-0.3, -0.25) is 0 Å². The zero-order chi connectivity index (χ0) is 8.48. The third kappa shape index (κ3) is 1.92. The molecule has 1 saturated carbocycles. The Balaban J connectivity index is 2.51. The van der Waals surface area contributed by atoms with Crippen molar-refractivity contribution < 1.29 is 10.2 Å². The predicted molar refractivity (Wildman–Crippen MR) is 43.0 cm³/mol. The van der Waals surface area contributed by atoms with Crippen LogP contribution in [0.1, 0.15) is 26.2 Å². The van der Waals surface area contributed by atoms with E-state index in [0.29, 0.717) is 12.3 Å². The number of hydrogen-bond donors (Lipinski definition) is 3. The summed E-state index contributed by atoms with van der Waals surface area (Å²) in [6, 6.07) is 0. The van der Waals surface area contributed by atoms with Gasteiger partial charge in [0.2, 0.25) is 0 Å². The Morgan fingerprint density at radius 1 is 1.64 bits per heavy atom. The summed E-state index contributed by atoms with van der Waals surface area (Å²) in [6.45, 7) is 2.00. The Morgan fingerprint density at radius 2 is 2.27 bits per heavy atom. The molecule has 4 N–H and O–H groups in total. The number of nitrogens with two attached hydrogens (primary N) is 1. The summed E-state index contributed by atoms with van der Waals surface area (Å²) in [5.74, 6) is 0.332. The molecule has 0 saturated heterocycles. The lowest BCUT2D eigenvalue weighted by Crippen LogP contribution is -2.51.